The number of rotatable bonds is 11. The lowest BCUT2D eigenvalue weighted by atomic mass is 9.86. The van der Waals surface area contributed by atoms with Crippen LogP contribution in [0, 0.1) is 5.92 Å². The number of carbonyl (C=O) groups excluding carboxylic acids is 2. The highest BCUT2D eigenvalue weighted by Crippen LogP contribution is 2.37. The Labute approximate surface area is 292 Å². The van der Waals surface area contributed by atoms with E-state index in [-0.39, 0.29) is 24.8 Å². The number of benzene rings is 2. The summed E-state index contributed by atoms with van der Waals surface area (Å²) in [6, 6.07) is 15.3. The predicted molar refractivity (Wildman–Crippen MR) is 182 cm³/mol. The van der Waals surface area contributed by atoms with Gasteiger partial charge in [0, 0.05) is 23.4 Å². The third-order valence-corrected chi connectivity index (χ3v) is 10.6. The normalized spacial score (nSPS) is 19.0. The fourth-order valence-corrected chi connectivity index (χ4v) is 7.64. The number of nitrogens with one attached hydrogen (secondary N) is 1. The molecule has 4 aromatic rings. The summed E-state index contributed by atoms with van der Waals surface area (Å²) in [5.41, 5.74) is 1.58. The second kappa shape index (κ2) is 15.0. The topological polar surface area (TPSA) is 112 Å². The Morgan fingerprint density at radius 1 is 1.02 bits per heavy atom. The smallest absolute Gasteiger partial charge is 0.415 e. The predicted octanol–water partition coefficient (Wildman–Crippen LogP) is 6.97. The number of H-pyrrole nitrogens is 1. The molecule has 2 atom stereocenters. The number of halogens is 2. The average molecular weight is 714 g/mol. The fourth-order valence-electron chi connectivity index (χ4n) is 6.23. The number of aromatic hydroxyl groups is 1. The molecule has 2 bridgehead atoms. The van der Waals surface area contributed by atoms with Crippen molar-refractivity contribution in [2.24, 2.45) is 5.92 Å². The van der Waals surface area contributed by atoms with Gasteiger partial charge in [0.25, 0.3) is 0 Å². The standard InChI is InChI=1S/C35H35Cl2N3O7S/c1-44-29-9-7-22(15-31(29)45-2)30(16-24-25(36)17-38-18-26(24)37)46-34(42)33-10-8-23(48-33)19-40(27-5-3-4-6-28(27)41)35(43)47-32-20-39-13-11-21(32)12-14-39/h3-10,15,17-18,21,30,32,41H,11-14,16,19-20H2,1-2H3/p+1/t30-,32-/m0/s1. The second-order valence-corrected chi connectivity index (χ2v) is 13.7. The Kier molecular flexibility index (Phi) is 10.6. The first-order chi connectivity index (χ1) is 23.2. The van der Waals surface area contributed by atoms with E-state index >= 15 is 0 Å². The molecule has 3 saturated heterocycles. The summed E-state index contributed by atoms with van der Waals surface area (Å²) in [4.78, 5) is 35.0. The average Bonchev–Trinajstić information content (AvgIpc) is 3.58. The molecule has 7 rings (SSSR count). The van der Waals surface area contributed by atoms with Crippen LogP contribution in [0.25, 0.3) is 0 Å². The van der Waals surface area contributed by atoms with Crippen LogP contribution >= 0.6 is 34.5 Å². The number of anilines is 1. The van der Waals surface area contributed by atoms with Crippen LogP contribution < -0.4 is 19.4 Å². The number of fused-ring (bicyclic) bond motifs is 3. The highest BCUT2D eigenvalue weighted by Gasteiger charge is 2.38. The van der Waals surface area contributed by atoms with Gasteiger partial charge in [0.05, 0.1) is 26.5 Å². The second-order valence-electron chi connectivity index (χ2n) is 11.7. The summed E-state index contributed by atoms with van der Waals surface area (Å²) >= 11 is 14.1. The fraction of sp³-hybridized carbons (Fsp3) is 0.343. The molecule has 10 nitrogen and oxygen atoms in total. The van der Waals surface area contributed by atoms with Crippen LogP contribution in [-0.2, 0) is 22.4 Å². The van der Waals surface area contributed by atoms with E-state index in [4.69, 9.17) is 42.1 Å². The van der Waals surface area contributed by atoms with Gasteiger partial charge in [-0.2, -0.15) is 0 Å². The number of piperidine rings is 3. The number of esters is 1. The number of pyridine rings is 1. The van der Waals surface area contributed by atoms with Crippen molar-refractivity contribution >= 4 is 52.3 Å². The van der Waals surface area contributed by atoms with E-state index in [0.717, 1.165) is 25.9 Å². The number of thiophene rings is 1. The van der Waals surface area contributed by atoms with Crippen molar-refractivity contribution in [2.45, 2.75) is 38.0 Å². The van der Waals surface area contributed by atoms with Gasteiger partial charge in [-0.1, -0.05) is 41.4 Å². The van der Waals surface area contributed by atoms with Gasteiger partial charge < -0.3 is 24.1 Å². The monoisotopic (exact) mass is 712 g/mol. The summed E-state index contributed by atoms with van der Waals surface area (Å²) in [7, 11) is 3.07. The van der Waals surface area contributed by atoms with E-state index in [9.17, 15) is 14.7 Å². The zero-order chi connectivity index (χ0) is 33.8. The molecule has 1 amide bonds. The Morgan fingerprint density at radius 2 is 1.75 bits per heavy atom. The number of aromatic amines is 1. The van der Waals surface area contributed by atoms with Crippen molar-refractivity contribution in [1.29, 1.82) is 0 Å². The molecule has 0 saturated carbocycles. The molecule has 252 valence electrons. The maximum Gasteiger partial charge on any atom is 0.415 e. The van der Waals surface area contributed by atoms with E-state index in [1.165, 1.54) is 29.4 Å². The van der Waals surface area contributed by atoms with Gasteiger partial charge in [-0.25, -0.2) is 14.6 Å². The van der Waals surface area contributed by atoms with Gasteiger partial charge >= 0.3 is 12.1 Å². The minimum Gasteiger partial charge on any atom is -0.506 e. The molecule has 3 aliphatic heterocycles. The molecule has 5 heterocycles. The number of phenolic OH excluding ortho intramolecular Hbond substituents is 1. The van der Waals surface area contributed by atoms with Crippen molar-refractivity contribution in [1.82, 2.24) is 4.90 Å². The highest BCUT2D eigenvalue weighted by molar-refractivity contribution is 7.14. The number of methoxy groups -OCH3 is 2. The summed E-state index contributed by atoms with van der Waals surface area (Å²) in [6.45, 7) is 2.83. The molecular formula is C35H36Cl2N3O7S+. The maximum atomic E-state index is 13.7. The molecule has 0 radical (unpaired) electrons. The lowest BCUT2D eigenvalue weighted by Crippen LogP contribution is -2.53. The number of carbonyl (C=O) groups is 2. The van der Waals surface area contributed by atoms with Crippen molar-refractivity contribution in [3.63, 3.8) is 0 Å². The molecule has 3 aliphatic rings. The SMILES string of the molecule is COc1ccc([C@H](Cc2c(Cl)c[nH+]cc2Cl)OC(=O)c2ccc(CN(C(=O)O[C@H]3CN4CCC3CC4)c3ccccc3O)s2)cc1OC. The van der Waals surface area contributed by atoms with E-state index in [1.54, 1.807) is 68.0 Å². The van der Waals surface area contributed by atoms with Gasteiger partial charge in [0.15, 0.2) is 23.9 Å². The van der Waals surface area contributed by atoms with Crippen LogP contribution in [0.4, 0.5) is 10.5 Å². The first-order valence-electron chi connectivity index (χ1n) is 15.6. The summed E-state index contributed by atoms with van der Waals surface area (Å²) in [6.07, 6.45) is 3.87. The zero-order valence-electron chi connectivity index (χ0n) is 26.5. The zero-order valence-corrected chi connectivity index (χ0v) is 28.8. The minimum atomic E-state index is -0.783. The molecule has 13 heteroatoms. The Morgan fingerprint density at radius 3 is 2.42 bits per heavy atom. The molecular weight excluding hydrogens is 677 g/mol. The van der Waals surface area contributed by atoms with E-state index in [0.29, 0.717) is 60.6 Å². The Balaban J connectivity index is 1.23. The number of hydrogen-bond acceptors (Lipinski definition) is 9. The van der Waals surface area contributed by atoms with Gasteiger partial charge in [-0.15, -0.1) is 11.3 Å². The molecule has 0 spiro atoms. The largest absolute Gasteiger partial charge is 0.506 e. The lowest BCUT2D eigenvalue weighted by Gasteiger charge is -2.44. The van der Waals surface area contributed by atoms with Gasteiger partial charge in [0.1, 0.15) is 32.9 Å². The number of para-hydroxylation sites is 2. The van der Waals surface area contributed by atoms with Crippen molar-refractivity contribution in [2.75, 3.05) is 38.8 Å². The molecule has 2 aromatic heterocycles. The van der Waals surface area contributed by atoms with Gasteiger partial charge in [-0.05, 0) is 73.8 Å². The van der Waals surface area contributed by atoms with E-state index in [1.807, 2.05) is 0 Å². The van der Waals surface area contributed by atoms with Crippen LogP contribution in [0.1, 0.15) is 44.6 Å². The third-order valence-electron chi connectivity index (χ3n) is 8.83. The molecule has 0 aliphatic carbocycles. The van der Waals surface area contributed by atoms with Crippen LogP contribution in [-0.4, -0.2) is 62.0 Å². The third kappa shape index (κ3) is 7.49. The molecule has 48 heavy (non-hydrogen) atoms. The first kappa shape index (κ1) is 33.9. The number of phenols is 1. The Bertz CT molecular complexity index is 1760. The van der Waals surface area contributed by atoms with Crippen molar-refractivity contribution in [3.8, 4) is 17.2 Å². The first-order valence-corrected chi connectivity index (χ1v) is 17.1. The number of nitrogens with zero attached hydrogens (tertiary/aromatic N) is 2. The molecule has 0 unspecified atom stereocenters. The summed E-state index contributed by atoms with van der Waals surface area (Å²) < 4.78 is 23.0. The molecule has 2 N–H and O–H groups in total. The number of aromatic nitrogens is 1. The Hall–Kier alpha value is -4.03. The van der Waals surface area contributed by atoms with Gasteiger partial charge in [0.2, 0.25) is 0 Å². The van der Waals surface area contributed by atoms with E-state index < -0.39 is 18.2 Å². The lowest BCUT2D eigenvalue weighted by molar-refractivity contribution is -0.377. The molecule has 3 fully saturated rings. The van der Waals surface area contributed by atoms with Crippen LogP contribution in [0.15, 0.2) is 67.0 Å². The van der Waals surface area contributed by atoms with Crippen molar-refractivity contribution in [3.05, 3.63) is 97.9 Å². The van der Waals surface area contributed by atoms with Crippen molar-refractivity contribution < 1.29 is 38.6 Å². The maximum absolute atomic E-state index is 13.7. The quantitative estimate of drug-likeness (QED) is 0.166. The van der Waals surface area contributed by atoms with E-state index in [2.05, 4.69) is 9.88 Å². The van der Waals surface area contributed by atoms with Crippen LogP contribution in [0.5, 0.6) is 17.2 Å². The summed E-state index contributed by atoms with van der Waals surface area (Å²) in [5.74, 6) is 0.714. The minimum absolute atomic E-state index is 0.0480. The molecule has 2 aromatic carbocycles. The van der Waals surface area contributed by atoms with Crippen LogP contribution in [0.3, 0.4) is 0 Å². The number of hydrogen-bond donors (Lipinski definition) is 1. The van der Waals surface area contributed by atoms with Crippen LogP contribution in [0.2, 0.25) is 10.0 Å². The van der Waals surface area contributed by atoms with Gasteiger partial charge in [-0.3, -0.25) is 9.80 Å². The number of ether oxygens (including phenoxy) is 4. The summed E-state index contributed by atoms with van der Waals surface area (Å²) in [5, 5.41) is 11.5. The highest BCUT2D eigenvalue weighted by atomic mass is 35.5. The number of amides is 1.